The van der Waals surface area contributed by atoms with Gasteiger partial charge in [-0.2, -0.15) is 0 Å². The molecule has 0 spiro atoms. The predicted molar refractivity (Wildman–Crippen MR) is 84.5 cm³/mol. The van der Waals surface area contributed by atoms with Crippen molar-refractivity contribution in [2.75, 3.05) is 11.9 Å². The van der Waals surface area contributed by atoms with Gasteiger partial charge in [-0.3, -0.25) is 0 Å². The highest BCUT2D eigenvalue weighted by Gasteiger charge is 2.18. The number of carbonyl (C=O) groups is 2. The average molecular weight is 333 g/mol. The molecular formula is C14H18Cl2N2O3. The van der Waals surface area contributed by atoms with E-state index in [9.17, 15) is 9.59 Å². The number of halogens is 2. The van der Waals surface area contributed by atoms with Crippen LogP contribution in [0.25, 0.3) is 0 Å². The lowest BCUT2D eigenvalue weighted by Gasteiger charge is -2.23. The molecule has 0 atom stereocenters. The molecule has 0 radical (unpaired) electrons. The smallest absolute Gasteiger partial charge is 0.335 e. The Morgan fingerprint density at radius 3 is 2.19 bits per heavy atom. The Bertz CT molecular complexity index is 536. The zero-order valence-corrected chi connectivity index (χ0v) is 13.6. The number of hydrogen-bond acceptors (Lipinski definition) is 2. The lowest BCUT2D eigenvalue weighted by Crippen LogP contribution is -2.36. The lowest BCUT2D eigenvalue weighted by molar-refractivity contribution is 0.0697. The normalized spacial score (nSPS) is 11.1. The van der Waals surface area contributed by atoms with E-state index in [2.05, 4.69) is 10.6 Å². The molecule has 3 N–H and O–H groups in total. The minimum Gasteiger partial charge on any atom is -0.478 e. The summed E-state index contributed by atoms with van der Waals surface area (Å²) in [6.07, 6.45) is 0.919. The third kappa shape index (κ3) is 5.10. The number of aromatic carboxylic acids is 1. The van der Waals surface area contributed by atoms with Gasteiger partial charge in [0.05, 0.1) is 21.3 Å². The molecule has 0 unspecified atom stereocenters. The van der Waals surface area contributed by atoms with E-state index in [1.807, 2.05) is 20.8 Å². The summed E-state index contributed by atoms with van der Waals surface area (Å²) in [4.78, 5) is 22.7. The lowest BCUT2D eigenvalue weighted by atomic mass is 9.90. The second kappa shape index (κ2) is 7.00. The average Bonchev–Trinajstić information content (AvgIpc) is 2.40. The van der Waals surface area contributed by atoms with Crippen molar-refractivity contribution in [3.63, 3.8) is 0 Å². The van der Waals surface area contributed by atoms with Crippen LogP contribution in [0.15, 0.2) is 12.1 Å². The first kappa shape index (κ1) is 17.6. The minimum absolute atomic E-state index is 0.0158. The van der Waals surface area contributed by atoms with Crippen LogP contribution in [0.4, 0.5) is 10.5 Å². The van der Waals surface area contributed by atoms with Gasteiger partial charge in [0.25, 0.3) is 0 Å². The molecule has 7 heteroatoms. The van der Waals surface area contributed by atoms with Gasteiger partial charge in [0.2, 0.25) is 0 Å². The number of carboxylic acids is 1. The van der Waals surface area contributed by atoms with Crippen LogP contribution in [-0.4, -0.2) is 23.7 Å². The van der Waals surface area contributed by atoms with Crippen molar-refractivity contribution in [2.24, 2.45) is 5.41 Å². The highest BCUT2D eigenvalue weighted by molar-refractivity contribution is 6.40. The first-order chi connectivity index (χ1) is 9.66. The van der Waals surface area contributed by atoms with Crippen LogP contribution in [0.1, 0.15) is 37.6 Å². The van der Waals surface area contributed by atoms with Crippen LogP contribution in [0.3, 0.4) is 0 Å². The molecule has 2 amide bonds. The highest BCUT2D eigenvalue weighted by Crippen LogP contribution is 2.32. The topological polar surface area (TPSA) is 78.4 Å². The third-order valence-corrected chi connectivity index (χ3v) is 3.81. The molecule has 0 aromatic heterocycles. The van der Waals surface area contributed by atoms with E-state index in [1.54, 1.807) is 0 Å². The molecule has 1 rings (SSSR count). The summed E-state index contributed by atoms with van der Waals surface area (Å²) in [6.45, 7) is 6.61. The van der Waals surface area contributed by atoms with Crippen molar-refractivity contribution >= 4 is 40.9 Å². The molecule has 0 bridgehead atoms. The van der Waals surface area contributed by atoms with Crippen LogP contribution in [0.5, 0.6) is 0 Å². The summed E-state index contributed by atoms with van der Waals surface area (Å²) in [5.41, 5.74) is 0.135. The minimum atomic E-state index is -1.14. The number of hydrogen-bond donors (Lipinski definition) is 3. The van der Waals surface area contributed by atoms with Crippen molar-refractivity contribution in [3.8, 4) is 0 Å². The summed E-state index contributed by atoms with van der Waals surface area (Å²) in [5, 5.41) is 14.3. The molecule has 1 aromatic carbocycles. The fraction of sp³-hybridized carbons (Fsp3) is 0.429. The molecular weight excluding hydrogens is 315 g/mol. The maximum atomic E-state index is 11.8. The van der Waals surface area contributed by atoms with Gasteiger partial charge in [0.1, 0.15) is 0 Å². The number of carboxylic acid groups (broad SMARTS) is 1. The quantitative estimate of drug-likeness (QED) is 0.754. The summed E-state index contributed by atoms with van der Waals surface area (Å²) >= 11 is 11.9. The van der Waals surface area contributed by atoms with Crippen molar-refractivity contribution < 1.29 is 14.7 Å². The van der Waals surface area contributed by atoms with E-state index in [1.165, 1.54) is 12.1 Å². The Kier molecular flexibility index (Phi) is 5.87. The first-order valence-electron chi connectivity index (χ1n) is 6.43. The number of urea groups is 1. The zero-order valence-electron chi connectivity index (χ0n) is 12.1. The number of rotatable bonds is 5. The molecule has 0 heterocycles. The molecule has 0 aliphatic heterocycles. The van der Waals surface area contributed by atoms with Gasteiger partial charge in [0, 0.05) is 6.54 Å². The van der Waals surface area contributed by atoms with Gasteiger partial charge in [-0.1, -0.05) is 44.0 Å². The molecule has 0 fully saturated rings. The molecule has 1 aromatic rings. The second-order valence-electron chi connectivity index (χ2n) is 5.45. The summed E-state index contributed by atoms with van der Waals surface area (Å²) in [5.74, 6) is -1.14. The highest BCUT2D eigenvalue weighted by atomic mass is 35.5. The summed E-state index contributed by atoms with van der Waals surface area (Å²) in [7, 11) is 0. The largest absolute Gasteiger partial charge is 0.478 e. The van der Waals surface area contributed by atoms with E-state index < -0.39 is 12.0 Å². The van der Waals surface area contributed by atoms with Crippen molar-refractivity contribution in [1.82, 2.24) is 5.32 Å². The van der Waals surface area contributed by atoms with Crippen LogP contribution < -0.4 is 10.6 Å². The Morgan fingerprint density at radius 1 is 1.24 bits per heavy atom. The van der Waals surface area contributed by atoms with Crippen LogP contribution in [-0.2, 0) is 0 Å². The summed E-state index contributed by atoms with van der Waals surface area (Å²) in [6, 6.07) is 2.03. The Morgan fingerprint density at radius 2 is 1.76 bits per heavy atom. The van der Waals surface area contributed by atoms with Gasteiger partial charge >= 0.3 is 12.0 Å². The molecule has 0 saturated heterocycles. The molecule has 21 heavy (non-hydrogen) atoms. The van der Waals surface area contributed by atoms with Gasteiger partial charge < -0.3 is 15.7 Å². The monoisotopic (exact) mass is 332 g/mol. The SMILES string of the molecule is CCC(C)(C)CNC(=O)Nc1c(Cl)cc(C(=O)O)cc1Cl. The van der Waals surface area contributed by atoms with Crippen LogP contribution >= 0.6 is 23.2 Å². The summed E-state index contributed by atoms with van der Waals surface area (Å²) < 4.78 is 0. The molecule has 0 aliphatic rings. The van der Waals surface area contributed by atoms with Crippen LogP contribution in [0.2, 0.25) is 10.0 Å². The zero-order chi connectivity index (χ0) is 16.2. The van der Waals surface area contributed by atoms with E-state index in [0.717, 1.165) is 6.42 Å². The van der Waals surface area contributed by atoms with Crippen LogP contribution in [0, 0.1) is 5.41 Å². The van der Waals surface area contributed by atoms with E-state index >= 15 is 0 Å². The number of carbonyl (C=O) groups excluding carboxylic acids is 1. The van der Waals surface area contributed by atoms with Gasteiger partial charge in [-0.05, 0) is 24.0 Å². The molecule has 0 aliphatic carbocycles. The number of amides is 2. The van der Waals surface area contributed by atoms with E-state index in [-0.39, 0.29) is 26.7 Å². The number of nitrogens with one attached hydrogen (secondary N) is 2. The molecule has 5 nitrogen and oxygen atoms in total. The van der Waals surface area contributed by atoms with Gasteiger partial charge in [-0.15, -0.1) is 0 Å². The standard InChI is InChI=1S/C14H18Cl2N2O3/c1-4-14(2,3)7-17-13(21)18-11-9(15)5-8(12(19)20)6-10(11)16/h5-6H,4,7H2,1-3H3,(H,19,20)(H2,17,18,21). The number of benzene rings is 1. The van der Waals surface area contributed by atoms with Crippen molar-refractivity contribution in [1.29, 1.82) is 0 Å². The third-order valence-electron chi connectivity index (χ3n) is 3.21. The number of anilines is 1. The molecule has 116 valence electrons. The maximum Gasteiger partial charge on any atom is 0.335 e. The van der Waals surface area contributed by atoms with E-state index in [4.69, 9.17) is 28.3 Å². The van der Waals surface area contributed by atoms with Gasteiger partial charge in [-0.25, -0.2) is 9.59 Å². The van der Waals surface area contributed by atoms with E-state index in [0.29, 0.717) is 6.54 Å². The Labute approximate surface area is 133 Å². The van der Waals surface area contributed by atoms with Crippen molar-refractivity contribution in [3.05, 3.63) is 27.7 Å². The predicted octanol–water partition coefficient (Wildman–Crippen LogP) is 4.25. The van der Waals surface area contributed by atoms with Crippen molar-refractivity contribution in [2.45, 2.75) is 27.2 Å². The fourth-order valence-corrected chi connectivity index (χ4v) is 2.00. The molecule has 0 saturated carbocycles. The maximum absolute atomic E-state index is 11.8. The first-order valence-corrected chi connectivity index (χ1v) is 7.19. The second-order valence-corrected chi connectivity index (χ2v) is 6.26. The van der Waals surface area contributed by atoms with Gasteiger partial charge in [0.15, 0.2) is 0 Å². The fourth-order valence-electron chi connectivity index (χ4n) is 1.42. The Balaban J connectivity index is 2.79. The Hall–Kier alpha value is -1.46.